The van der Waals surface area contributed by atoms with Gasteiger partial charge in [0, 0.05) is 36.7 Å². The molecule has 0 saturated heterocycles. The lowest BCUT2D eigenvalue weighted by Crippen LogP contribution is -2.26. The van der Waals surface area contributed by atoms with Gasteiger partial charge in [-0.1, -0.05) is 0 Å². The highest BCUT2D eigenvalue weighted by atomic mass is 19.3. The Morgan fingerprint density at radius 1 is 1.26 bits per heavy atom. The standard InChI is InChI=1S/C15H15F2N3O2.C7H7FO/c16-15(17)4-1-2-8(7-15)10-6-11(21)12-9(20-10)3-5-19-13(12)14(18)22;1-9-7-4-2-6(8)3-5-7/h3,5-6,8H,1-2,4,7H2,(H2,18,22)(H,20,21);2-5H,1H3/t8-;/m0./s1. The molecule has 0 aliphatic heterocycles. The first-order chi connectivity index (χ1) is 14.7. The first-order valence-electron chi connectivity index (χ1n) is 9.69. The quantitative estimate of drug-likeness (QED) is 0.648. The lowest BCUT2D eigenvalue weighted by atomic mass is 9.84. The molecule has 3 aromatic rings. The van der Waals surface area contributed by atoms with Crippen molar-refractivity contribution in [1.82, 2.24) is 9.97 Å². The Labute approximate surface area is 176 Å². The van der Waals surface area contributed by atoms with Crippen molar-refractivity contribution < 1.29 is 22.7 Å². The number of hydrogen-bond donors (Lipinski definition) is 2. The largest absolute Gasteiger partial charge is 0.497 e. The van der Waals surface area contributed by atoms with Gasteiger partial charge in [-0.3, -0.25) is 14.6 Å². The van der Waals surface area contributed by atoms with Crippen molar-refractivity contribution in [2.24, 2.45) is 5.73 Å². The molecule has 1 saturated carbocycles. The van der Waals surface area contributed by atoms with E-state index in [1.165, 1.54) is 30.5 Å². The van der Waals surface area contributed by atoms with Gasteiger partial charge >= 0.3 is 0 Å². The summed E-state index contributed by atoms with van der Waals surface area (Å²) in [5.74, 6) is -3.46. The van der Waals surface area contributed by atoms with Gasteiger partial charge in [0.25, 0.3) is 5.91 Å². The van der Waals surface area contributed by atoms with Gasteiger partial charge < -0.3 is 15.5 Å². The Morgan fingerprint density at radius 3 is 2.58 bits per heavy atom. The van der Waals surface area contributed by atoms with Gasteiger partial charge in [0.1, 0.15) is 17.3 Å². The summed E-state index contributed by atoms with van der Waals surface area (Å²) in [7, 11) is 1.55. The molecule has 0 bridgehead atoms. The third-order valence-electron chi connectivity index (χ3n) is 5.13. The number of ether oxygens (including phenoxy) is 1. The first-order valence-corrected chi connectivity index (χ1v) is 9.69. The predicted molar refractivity (Wildman–Crippen MR) is 110 cm³/mol. The van der Waals surface area contributed by atoms with Crippen LogP contribution in [-0.2, 0) is 0 Å². The van der Waals surface area contributed by atoms with Gasteiger partial charge in [0.15, 0.2) is 5.43 Å². The van der Waals surface area contributed by atoms with E-state index in [1.807, 2.05) is 0 Å². The highest BCUT2D eigenvalue weighted by Gasteiger charge is 2.37. The average Bonchev–Trinajstić information content (AvgIpc) is 2.73. The number of H-pyrrole nitrogens is 1. The minimum absolute atomic E-state index is 0.0984. The number of methoxy groups -OCH3 is 1. The second kappa shape index (κ2) is 9.20. The number of carbonyl (C=O) groups excluding carboxylic acids is 1. The summed E-state index contributed by atoms with van der Waals surface area (Å²) >= 11 is 0. The van der Waals surface area contributed by atoms with Crippen LogP contribution in [0.15, 0.2) is 47.4 Å². The Bertz CT molecular complexity index is 1130. The average molecular weight is 433 g/mol. The molecule has 164 valence electrons. The summed E-state index contributed by atoms with van der Waals surface area (Å²) in [5, 5.41) is 0.0984. The number of carbonyl (C=O) groups is 1. The monoisotopic (exact) mass is 433 g/mol. The number of nitrogens with one attached hydrogen (secondary N) is 1. The molecule has 0 radical (unpaired) electrons. The van der Waals surface area contributed by atoms with E-state index in [9.17, 15) is 22.8 Å². The molecule has 1 fully saturated rings. The maximum atomic E-state index is 13.6. The van der Waals surface area contributed by atoms with E-state index >= 15 is 0 Å². The van der Waals surface area contributed by atoms with Crippen LogP contribution in [0.2, 0.25) is 0 Å². The Morgan fingerprint density at radius 2 is 1.97 bits per heavy atom. The van der Waals surface area contributed by atoms with Crippen molar-refractivity contribution >= 4 is 16.8 Å². The molecule has 9 heteroatoms. The number of aromatic amines is 1. The van der Waals surface area contributed by atoms with E-state index in [4.69, 9.17) is 10.5 Å². The zero-order chi connectivity index (χ0) is 22.6. The third-order valence-corrected chi connectivity index (χ3v) is 5.13. The van der Waals surface area contributed by atoms with Crippen molar-refractivity contribution in [3.8, 4) is 5.75 Å². The maximum Gasteiger partial charge on any atom is 0.268 e. The predicted octanol–water partition coefficient (Wildman–Crippen LogP) is 4.15. The van der Waals surface area contributed by atoms with E-state index in [0.29, 0.717) is 29.8 Å². The molecule has 6 nitrogen and oxygen atoms in total. The molecule has 1 aliphatic rings. The summed E-state index contributed by atoms with van der Waals surface area (Å²) in [5.41, 5.74) is 5.53. The van der Waals surface area contributed by atoms with Crippen molar-refractivity contribution in [3.05, 3.63) is 70.0 Å². The second-order valence-electron chi connectivity index (χ2n) is 7.34. The van der Waals surface area contributed by atoms with E-state index in [2.05, 4.69) is 9.97 Å². The number of amides is 1. The van der Waals surface area contributed by atoms with Gasteiger partial charge in [-0.2, -0.15) is 0 Å². The number of aromatic nitrogens is 2. The van der Waals surface area contributed by atoms with Crippen molar-refractivity contribution in [2.45, 2.75) is 37.5 Å². The number of fused-ring (bicyclic) bond motifs is 1. The summed E-state index contributed by atoms with van der Waals surface area (Å²) in [6, 6.07) is 8.69. The molecule has 1 aliphatic carbocycles. The smallest absolute Gasteiger partial charge is 0.268 e. The number of pyridine rings is 2. The van der Waals surface area contributed by atoms with Crippen LogP contribution in [0.1, 0.15) is 47.8 Å². The number of nitrogens with two attached hydrogens (primary N) is 1. The summed E-state index contributed by atoms with van der Waals surface area (Å²) < 4.78 is 44.1. The third kappa shape index (κ3) is 5.42. The molecule has 2 aromatic heterocycles. The Balaban J connectivity index is 0.000000254. The number of alkyl halides is 2. The van der Waals surface area contributed by atoms with Gasteiger partial charge in [-0.15, -0.1) is 0 Å². The van der Waals surface area contributed by atoms with Crippen molar-refractivity contribution in [1.29, 1.82) is 0 Å². The minimum atomic E-state index is -2.70. The van der Waals surface area contributed by atoms with E-state index in [0.717, 1.165) is 0 Å². The minimum Gasteiger partial charge on any atom is -0.497 e. The van der Waals surface area contributed by atoms with Crippen LogP contribution in [0.25, 0.3) is 10.9 Å². The molecule has 1 amide bonds. The Hall–Kier alpha value is -3.36. The van der Waals surface area contributed by atoms with E-state index in [-0.39, 0.29) is 29.7 Å². The van der Waals surface area contributed by atoms with Crippen LogP contribution in [0.3, 0.4) is 0 Å². The van der Waals surface area contributed by atoms with Crippen LogP contribution in [0, 0.1) is 5.82 Å². The molecular weight excluding hydrogens is 411 g/mol. The Kier molecular flexibility index (Phi) is 6.62. The highest BCUT2D eigenvalue weighted by Crippen LogP contribution is 2.41. The fourth-order valence-corrected chi connectivity index (χ4v) is 3.63. The molecule has 1 aromatic carbocycles. The van der Waals surface area contributed by atoms with Crippen LogP contribution < -0.4 is 15.9 Å². The van der Waals surface area contributed by atoms with Gasteiger partial charge in [-0.25, -0.2) is 13.2 Å². The van der Waals surface area contributed by atoms with Gasteiger partial charge in [-0.05, 0) is 43.2 Å². The number of primary amides is 1. The topological polar surface area (TPSA) is 98.1 Å². The maximum absolute atomic E-state index is 13.6. The molecule has 0 spiro atoms. The SMILES string of the molecule is COc1ccc(F)cc1.NC(=O)c1nccc2[nH]c([C@H]3CCCC(F)(F)C3)cc(=O)c12. The van der Waals surface area contributed by atoms with Crippen molar-refractivity contribution in [3.63, 3.8) is 0 Å². The normalized spacial score (nSPS) is 17.5. The number of nitrogens with zero attached hydrogens (tertiary/aromatic N) is 1. The van der Waals surface area contributed by atoms with Crippen LogP contribution >= 0.6 is 0 Å². The molecule has 31 heavy (non-hydrogen) atoms. The van der Waals surface area contributed by atoms with Crippen LogP contribution in [0.4, 0.5) is 13.2 Å². The van der Waals surface area contributed by atoms with Crippen LogP contribution in [0.5, 0.6) is 5.75 Å². The number of rotatable bonds is 3. The zero-order valence-electron chi connectivity index (χ0n) is 16.8. The lowest BCUT2D eigenvalue weighted by molar-refractivity contribution is -0.0412. The zero-order valence-corrected chi connectivity index (χ0v) is 16.8. The molecule has 2 heterocycles. The van der Waals surface area contributed by atoms with Crippen LogP contribution in [-0.4, -0.2) is 28.9 Å². The summed E-state index contributed by atoms with van der Waals surface area (Å²) in [6.45, 7) is 0. The first kappa shape index (κ1) is 22.3. The van der Waals surface area contributed by atoms with Gasteiger partial charge in [0.05, 0.1) is 18.0 Å². The second-order valence-corrected chi connectivity index (χ2v) is 7.34. The fourth-order valence-electron chi connectivity index (χ4n) is 3.63. The molecule has 3 N–H and O–H groups in total. The number of halogens is 3. The molecular formula is C22H22F3N3O3. The van der Waals surface area contributed by atoms with Crippen molar-refractivity contribution in [2.75, 3.05) is 7.11 Å². The van der Waals surface area contributed by atoms with Gasteiger partial charge in [0.2, 0.25) is 5.92 Å². The van der Waals surface area contributed by atoms with E-state index in [1.54, 1.807) is 19.2 Å². The fraction of sp³-hybridized carbons (Fsp3) is 0.318. The summed E-state index contributed by atoms with van der Waals surface area (Å²) in [6.07, 6.45) is 1.99. The molecule has 0 unspecified atom stereocenters. The number of benzene rings is 1. The van der Waals surface area contributed by atoms with E-state index < -0.39 is 23.2 Å². The lowest BCUT2D eigenvalue weighted by Gasteiger charge is -2.29. The summed E-state index contributed by atoms with van der Waals surface area (Å²) in [4.78, 5) is 30.4. The molecule has 1 atom stereocenters. The highest BCUT2D eigenvalue weighted by molar-refractivity contribution is 6.03. The molecule has 4 rings (SSSR count). The number of hydrogen-bond acceptors (Lipinski definition) is 4.